The highest BCUT2D eigenvalue weighted by Crippen LogP contribution is 2.22. The van der Waals surface area contributed by atoms with E-state index in [1.165, 1.54) is 11.3 Å². The smallest absolute Gasteiger partial charge is 0.0373 e. The lowest BCUT2D eigenvalue weighted by molar-refractivity contribution is 0.856. The fourth-order valence-corrected chi connectivity index (χ4v) is 1.71. The Bertz CT molecular complexity index is 259. The lowest BCUT2D eigenvalue weighted by atomic mass is 10.0. The first-order valence-electron chi connectivity index (χ1n) is 3.86. The minimum Gasteiger partial charge on any atom is -0.384 e. The van der Waals surface area contributed by atoms with Crippen LogP contribution in [0, 0.1) is 0 Å². The average Bonchev–Trinajstić information content (AvgIpc) is 2.04. The van der Waals surface area contributed by atoms with Crippen LogP contribution in [0.4, 0.5) is 5.69 Å². The van der Waals surface area contributed by atoms with Crippen LogP contribution in [0.25, 0.3) is 0 Å². The van der Waals surface area contributed by atoms with Crippen LogP contribution >= 0.6 is 12.6 Å². The van der Waals surface area contributed by atoms with E-state index in [0.717, 1.165) is 13.0 Å². The molecule has 1 atom stereocenters. The van der Waals surface area contributed by atoms with Crippen molar-refractivity contribution >= 4 is 18.3 Å². The standard InChI is InChI=1S/C9H11NS/c11-8-5-7-3-1-2-4-9(7)10-6-8/h1-4,8,10-11H,5-6H2. The third kappa shape index (κ3) is 1.36. The van der Waals surface area contributed by atoms with Crippen LogP contribution in [0.15, 0.2) is 24.3 Å². The monoisotopic (exact) mass is 165 g/mol. The molecular weight excluding hydrogens is 154 g/mol. The van der Waals surface area contributed by atoms with Crippen molar-refractivity contribution in [2.75, 3.05) is 11.9 Å². The molecule has 0 aliphatic carbocycles. The maximum Gasteiger partial charge on any atom is 0.0373 e. The highest BCUT2D eigenvalue weighted by Gasteiger charge is 2.13. The van der Waals surface area contributed by atoms with Gasteiger partial charge in [0.15, 0.2) is 0 Å². The molecule has 58 valence electrons. The van der Waals surface area contributed by atoms with Crippen LogP contribution in [-0.2, 0) is 6.42 Å². The molecule has 0 saturated heterocycles. The third-order valence-electron chi connectivity index (χ3n) is 2.00. The van der Waals surface area contributed by atoms with Gasteiger partial charge in [0.25, 0.3) is 0 Å². The number of rotatable bonds is 0. The molecular formula is C9H11NS. The quantitative estimate of drug-likeness (QED) is 0.560. The topological polar surface area (TPSA) is 12.0 Å². The largest absolute Gasteiger partial charge is 0.384 e. The SMILES string of the molecule is SC1CNc2ccccc2C1. The minimum atomic E-state index is 0.477. The molecule has 1 aliphatic rings. The summed E-state index contributed by atoms with van der Waals surface area (Å²) in [5.74, 6) is 0. The van der Waals surface area contributed by atoms with Gasteiger partial charge in [-0.2, -0.15) is 12.6 Å². The lowest BCUT2D eigenvalue weighted by Gasteiger charge is -2.22. The number of hydrogen-bond acceptors (Lipinski definition) is 2. The summed E-state index contributed by atoms with van der Waals surface area (Å²) in [4.78, 5) is 0. The van der Waals surface area contributed by atoms with Gasteiger partial charge in [-0.15, -0.1) is 0 Å². The Morgan fingerprint density at radius 2 is 2.18 bits per heavy atom. The third-order valence-corrected chi connectivity index (χ3v) is 2.37. The summed E-state index contributed by atoms with van der Waals surface area (Å²) in [7, 11) is 0. The predicted molar refractivity (Wildman–Crippen MR) is 51.4 cm³/mol. The van der Waals surface area contributed by atoms with Crippen LogP contribution < -0.4 is 5.32 Å². The van der Waals surface area contributed by atoms with Gasteiger partial charge in [-0.3, -0.25) is 0 Å². The lowest BCUT2D eigenvalue weighted by Crippen LogP contribution is -2.23. The van der Waals surface area contributed by atoms with Crippen molar-refractivity contribution in [1.82, 2.24) is 0 Å². The fraction of sp³-hybridized carbons (Fsp3) is 0.333. The number of thiol groups is 1. The highest BCUT2D eigenvalue weighted by molar-refractivity contribution is 7.81. The van der Waals surface area contributed by atoms with E-state index in [-0.39, 0.29) is 0 Å². The zero-order chi connectivity index (χ0) is 7.68. The number of benzene rings is 1. The second kappa shape index (κ2) is 2.78. The molecule has 1 aromatic carbocycles. The van der Waals surface area contributed by atoms with Crippen LogP contribution in [0.2, 0.25) is 0 Å². The molecule has 0 saturated carbocycles. The van der Waals surface area contributed by atoms with E-state index in [1.54, 1.807) is 0 Å². The number of fused-ring (bicyclic) bond motifs is 1. The maximum absolute atomic E-state index is 4.42. The Kier molecular flexibility index (Phi) is 1.78. The Morgan fingerprint density at radius 1 is 1.36 bits per heavy atom. The second-order valence-electron chi connectivity index (χ2n) is 2.90. The van der Waals surface area contributed by atoms with Gasteiger partial charge >= 0.3 is 0 Å². The summed E-state index contributed by atoms with van der Waals surface area (Å²) >= 11 is 4.42. The highest BCUT2D eigenvalue weighted by atomic mass is 32.1. The maximum atomic E-state index is 4.42. The van der Waals surface area contributed by atoms with Crippen LogP contribution in [-0.4, -0.2) is 11.8 Å². The van der Waals surface area contributed by atoms with Crippen molar-refractivity contribution in [1.29, 1.82) is 0 Å². The molecule has 1 heterocycles. The molecule has 1 aliphatic heterocycles. The van der Waals surface area contributed by atoms with E-state index in [2.05, 4.69) is 42.2 Å². The number of hydrogen-bond donors (Lipinski definition) is 2. The summed E-state index contributed by atoms with van der Waals surface area (Å²) in [6, 6.07) is 8.41. The first-order valence-corrected chi connectivity index (χ1v) is 4.38. The van der Waals surface area contributed by atoms with Crippen molar-refractivity contribution in [3.63, 3.8) is 0 Å². The number of anilines is 1. The Labute approximate surface area is 72.2 Å². The van der Waals surface area contributed by atoms with Gasteiger partial charge < -0.3 is 5.32 Å². The molecule has 1 aromatic rings. The first kappa shape index (κ1) is 7.04. The molecule has 1 unspecified atom stereocenters. The minimum absolute atomic E-state index is 0.477. The molecule has 0 spiro atoms. The Morgan fingerprint density at radius 3 is 3.09 bits per heavy atom. The molecule has 0 aromatic heterocycles. The van der Waals surface area contributed by atoms with Crippen molar-refractivity contribution in [2.45, 2.75) is 11.7 Å². The van der Waals surface area contributed by atoms with Crippen molar-refractivity contribution in [3.8, 4) is 0 Å². The molecule has 0 amide bonds. The zero-order valence-corrected chi connectivity index (χ0v) is 7.14. The van der Waals surface area contributed by atoms with E-state index in [4.69, 9.17) is 0 Å². The van der Waals surface area contributed by atoms with Crippen LogP contribution in [0.3, 0.4) is 0 Å². The molecule has 0 fully saturated rings. The van der Waals surface area contributed by atoms with Crippen molar-refractivity contribution < 1.29 is 0 Å². The predicted octanol–water partition coefficient (Wildman–Crippen LogP) is 1.95. The molecule has 0 radical (unpaired) electrons. The van der Waals surface area contributed by atoms with Gasteiger partial charge in [0, 0.05) is 17.5 Å². The van der Waals surface area contributed by atoms with Gasteiger partial charge in [0.1, 0.15) is 0 Å². The molecule has 1 nitrogen and oxygen atoms in total. The fourth-order valence-electron chi connectivity index (χ4n) is 1.42. The normalized spacial score (nSPS) is 22.1. The Hall–Kier alpha value is -0.630. The summed E-state index contributed by atoms with van der Waals surface area (Å²) in [5, 5.41) is 3.81. The van der Waals surface area contributed by atoms with E-state index < -0.39 is 0 Å². The van der Waals surface area contributed by atoms with Gasteiger partial charge in [-0.05, 0) is 18.1 Å². The first-order chi connectivity index (χ1) is 5.36. The van der Waals surface area contributed by atoms with Gasteiger partial charge in [-0.25, -0.2) is 0 Å². The molecule has 11 heavy (non-hydrogen) atoms. The molecule has 1 N–H and O–H groups in total. The summed E-state index contributed by atoms with van der Waals surface area (Å²) < 4.78 is 0. The van der Waals surface area contributed by atoms with Crippen LogP contribution in [0.1, 0.15) is 5.56 Å². The van der Waals surface area contributed by atoms with Crippen molar-refractivity contribution in [2.24, 2.45) is 0 Å². The van der Waals surface area contributed by atoms with E-state index in [0.29, 0.717) is 5.25 Å². The van der Waals surface area contributed by atoms with Gasteiger partial charge in [0.2, 0.25) is 0 Å². The molecule has 2 rings (SSSR count). The molecule has 0 bridgehead atoms. The zero-order valence-electron chi connectivity index (χ0n) is 6.25. The second-order valence-corrected chi connectivity index (χ2v) is 3.63. The Balaban J connectivity index is 2.34. The summed E-state index contributed by atoms with van der Waals surface area (Å²) in [6.07, 6.45) is 1.09. The van der Waals surface area contributed by atoms with E-state index in [1.807, 2.05) is 0 Å². The number of nitrogens with one attached hydrogen (secondary N) is 1. The average molecular weight is 165 g/mol. The van der Waals surface area contributed by atoms with Crippen LogP contribution in [0.5, 0.6) is 0 Å². The van der Waals surface area contributed by atoms with Gasteiger partial charge in [0.05, 0.1) is 0 Å². The van der Waals surface area contributed by atoms with Gasteiger partial charge in [-0.1, -0.05) is 18.2 Å². The summed E-state index contributed by atoms with van der Waals surface area (Å²) in [5.41, 5.74) is 2.66. The van der Waals surface area contributed by atoms with Crippen molar-refractivity contribution in [3.05, 3.63) is 29.8 Å². The molecule has 2 heteroatoms. The van der Waals surface area contributed by atoms with E-state index in [9.17, 15) is 0 Å². The summed E-state index contributed by atoms with van der Waals surface area (Å²) in [6.45, 7) is 0.986. The number of para-hydroxylation sites is 1. The van der Waals surface area contributed by atoms with E-state index >= 15 is 0 Å².